The third-order valence-corrected chi connectivity index (χ3v) is 4.46. The minimum atomic E-state index is -0.0419. The quantitative estimate of drug-likeness (QED) is 0.571. The van der Waals surface area contributed by atoms with E-state index in [9.17, 15) is 0 Å². The van der Waals surface area contributed by atoms with Gasteiger partial charge in [0, 0.05) is 22.6 Å². The van der Waals surface area contributed by atoms with Crippen LogP contribution in [-0.2, 0) is 0 Å². The molecule has 4 N–H and O–H groups in total. The smallest absolute Gasteiger partial charge is 0.0661 e. The van der Waals surface area contributed by atoms with Crippen LogP contribution in [0.3, 0.4) is 0 Å². The van der Waals surface area contributed by atoms with Gasteiger partial charge in [0.05, 0.1) is 6.04 Å². The molecule has 1 heterocycles. The second-order valence-corrected chi connectivity index (χ2v) is 5.49. The molecule has 0 amide bonds. The van der Waals surface area contributed by atoms with Crippen molar-refractivity contribution < 1.29 is 0 Å². The Morgan fingerprint density at radius 1 is 1.37 bits per heavy atom. The molecule has 19 heavy (non-hydrogen) atoms. The van der Waals surface area contributed by atoms with Gasteiger partial charge in [-0.3, -0.25) is 11.3 Å². The van der Waals surface area contributed by atoms with E-state index in [1.807, 2.05) is 6.07 Å². The summed E-state index contributed by atoms with van der Waals surface area (Å²) >= 11 is 0. The number of aromatic nitrogens is 1. The second kappa shape index (κ2) is 5.33. The van der Waals surface area contributed by atoms with Gasteiger partial charge in [-0.2, -0.15) is 0 Å². The summed E-state index contributed by atoms with van der Waals surface area (Å²) in [6.45, 7) is 4.43. The summed E-state index contributed by atoms with van der Waals surface area (Å²) in [5, 5.41) is 1.23. The number of benzene rings is 1. The maximum atomic E-state index is 5.86. The molecule has 2 aromatic rings. The topological polar surface area (TPSA) is 57.1 Å². The zero-order chi connectivity index (χ0) is 14.0. The Morgan fingerprint density at radius 3 is 2.63 bits per heavy atom. The van der Waals surface area contributed by atoms with Gasteiger partial charge in [0.25, 0.3) is 0 Å². The molecule has 0 saturated carbocycles. The van der Waals surface area contributed by atoms with Crippen LogP contribution in [-0.4, -0.2) is 29.5 Å². The van der Waals surface area contributed by atoms with E-state index in [1.54, 1.807) is 0 Å². The second-order valence-electron chi connectivity index (χ2n) is 5.49. The number of hydrazine groups is 1. The Labute approximate surface area is 114 Å². The van der Waals surface area contributed by atoms with E-state index in [2.05, 4.69) is 67.6 Å². The predicted molar refractivity (Wildman–Crippen MR) is 80.7 cm³/mol. The van der Waals surface area contributed by atoms with Crippen molar-refractivity contribution >= 4 is 10.9 Å². The highest BCUT2D eigenvalue weighted by Crippen LogP contribution is 2.35. The molecule has 0 saturated heterocycles. The van der Waals surface area contributed by atoms with E-state index in [-0.39, 0.29) is 11.6 Å². The zero-order valence-corrected chi connectivity index (χ0v) is 12.2. The summed E-state index contributed by atoms with van der Waals surface area (Å²) in [4.78, 5) is 5.56. The molecule has 0 bridgehead atoms. The molecule has 0 fully saturated rings. The molecule has 1 aromatic carbocycles. The lowest BCUT2D eigenvalue weighted by molar-refractivity contribution is 0.113. The van der Waals surface area contributed by atoms with Crippen molar-refractivity contribution in [3.05, 3.63) is 36.0 Å². The normalized spacial score (nSPS) is 16.7. The van der Waals surface area contributed by atoms with Crippen molar-refractivity contribution in [2.24, 2.45) is 5.84 Å². The van der Waals surface area contributed by atoms with Crippen molar-refractivity contribution in [3.63, 3.8) is 0 Å². The largest absolute Gasteiger partial charge is 0.361 e. The fourth-order valence-electron chi connectivity index (χ4n) is 2.72. The van der Waals surface area contributed by atoms with Gasteiger partial charge in [0.1, 0.15) is 0 Å². The third kappa shape index (κ3) is 2.27. The Balaban J connectivity index is 2.53. The number of hydrogen-bond acceptors (Lipinski definition) is 3. The fraction of sp³-hybridized carbons (Fsp3) is 0.467. The number of aromatic amines is 1. The molecular formula is C15H24N4. The highest BCUT2D eigenvalue weighted by Gasteiger charge is 2.36. The van der Waals surface area contributed by atoms with Gasteiger partial charge in [0.2, 0.25) is 0 Å². The van der Waals surface area contributed by atoms with Crippen LogP contribution < -0.4 is 11.3 Å². The number of nitrogens with two attached hydrogens (primary N) is 1. The number of rotatable bonds is 5. The van der Waals surface area contributed by atoms with Crippen LogP contribution in [0.2, 0.25) is 0 Å². The number of para-hydroxylation sites is 1. The molecule has 2 rings (SSSR count). The Kier molecular flexibility index (Phi) is 3.94. The van der Waals surface area contributed by atoms with Gasteiger partial charge in [-0.05, 0) is 39.1 Å². The highest BCUT2D eigenvalue weighted by molar-refractivity contribution is 5.83. The van der Waals surface area contributed by atoms with Gasteiger partial charge in [-0.15, -0.1) is 0 Å². The lowest BCUT2D eigenvalue weighted by Crippen LogP contribution is -2.52. The van der Waals surface area contributed by atoms with Crippen LogP contribution >= 0.6 is 0 Å². The van der Waals surface area contributed by atoms with Crippen LogP contribution in [0.15, 0.2) is 30.5 Å². The molecule has 0 aliphatic carbocycles. The van der Waals surface area contributed by atoms with Crippen molar-refractivity contribution in [2.75, 3.05) is 14.1 Å². The summed E-state index contributed by atoms with van der Waals surface area (Å²) in [6, 6.07) is 8.40. The monoisotopic (exact) mass is 260 g/mol. The van der Waals surface area contributed by atoms with Crippen LogP contribution in [0.4, 0.5) is 0 Å². The first-order valence-corrected chi connectivity index (χ1v) is 6.74. The molecule has 4 heteroatoms. The number of likely N-dealkylation sites (N-methyl/N-ethyl adjacent to an activating group) is 1. The van der Waals surface area contributed by atoms with Gasteiger partial charge >= 0.3 is 0 Å². The van der Waals surface area contributed by atoms with Crippen LogP contribution in [0, 0.1) is 0 Å². The van der Waals surface area contributed by atoms with Crippen molar-refractivity contribution in [1.82, 2.24) is 15.3 Å². The van der Waals surface area contributed by atoms with Gasteiger partial charge in [-0.25, -0.2) is 0 Å². The van der Waals surface area contributed by atoms with E-state index in [1.165, 1.54) is 10.9 Å². The molecular weight excluding hydrogens is 236 g/mol. The lowest BCUT2D eigenvalue weighted by Gasteiger charge is -2.42. The number of fused-ring (bicyclic) bond motifs is 1. The molecule has 2 unspecified atom stereocenters. The van der Waals surface area contributed by atoms with Crippen molar-refractivity contribution in [2.45, 2.75) is 31.8 Å². The summed E-state index contributed by atoms with van der Waals surface area (Å²) in [7, 11) is 4.20. The van der Waals surface area contributed by atoms with Gasteiger partial charge < -0.3 is 9.88 Å². The zero-order valence-electron chi connectivity index (χ0n) is 12.2. The number of nitrogens with one attached hydrogen (secondary N) is 2. The third-order valence-electron chi connectivity index (χ3n) is 4.46. The van der Waals surface area contributed by atoms with Gasteiger partial charge in [0.15, 0.2) is 0 Å². The number of nitrogens with zero attached hydrogens (tertiary/aromatic N) is 1. The Hall–Kier alpha value is -1.36. The number of H-pyrrole nitrogens is 1. The molecule has 0 aliphatic heterocycles. The lowest BCUT2D eigenvalue weighted by atomic mass is 9.84. The van der Waals surface area contributed by atoms with Gasteiger partial charge in [-0.1, -0.05) is 25.1 Å². The van der Waals surface area contributed by atoms with E-state index < -0.39 is 0 Å². The minimum absolute atomic E-state index is 0.0419. The van der Waals surface area contributed by atoms with Crippen LogP contribution in [0.1, 0.15) is 31.9 Å². The molecule has 1 aromatic heterocycles. The fourth-order valence-corrected chi connectivity index (χ4v) is 2.72. The Bertz CT molecular complexity index is 546. The molecule has 0 radical (unpaired) electrons. The summed E-state index contributed by atoms with van der Waals surface area (Å²) in [6.07, 6.45) is 3.07. The summed E-state index contributed by atoms with van der Waals surface area (Å²) < 4.78 is 0. The van der Waals surface area contributed by atoms with E-state index in [4.69, 9.17) is 5.84 Å². The first-order valence-electron chi connectivity index (χ1n) is 6.74. The summed E-state index contributed by atoms with van der Waals surface area (Å²) in [5.74, 6) is 5.86. The molecule has 2 atom stereocenters. The first-order chi connectivity index (χ1) is 9.04. The van der Waals surface area contributed by atoms with Crippen LogP contribution in [0.25, 0.3) is 10.9 Å². The maximum absolute atomic E-state index is 5.86. The maximum Gasteiger partial charge on any atom is 0.0661 e. The van der Waals surface area contributed by atoms with Crippen molar-refractivity contribution in [1.29, 1.82) is 0 Å². The van der Waals surface area contributed by atoms with Crippen molar-refractivity contribution in [3.8, 4) is 0 Å². The van der Waals surface area contributed by atoms with E-state index >= 15 is 0 Å². The van der Waals surface area contributed by atoms with E-state index in [0.717, 1.165) is 11.9 Å². The average molecular weight is 260 g/mol. The van der Waals surface area contributed by atoms with E-state index in [0.29, 0.717) is 0 Å². The first kappa shape index (κ1) is 14.1. The molecule has 0 aliphatic rings. The molecule has 0 spiro atoms. The SMILES string of the molecule is CCC(C)(C(NN)c1c[nH]c2ccccc12)N(C)C. The average Bonchev–Trinajstić information content (AvgIpc) is 2.83. The molecule has 4 nitrogen and oxygen atoms in total. The van der Waals surface area contributed by atoms with Crippen LogP contribution in [0.5, 0.6) is 0 Å². The minimum Gasteiger partial charge on any atom is -0.361 e. The predicted octanol–water partition coefficient (Wildman–Crippen LogP) is 2.40. The number of hydrogen-bond donors (Lipinski definition) is 3. The standard InChI is InChI=1S/C15H24N4/c1-5-15(2,19(3)4)14(18-16)12-10-17-13-9-7-6-8-11(12)13/h6-10,14,17-18H,5,16H2,1-4H3. The Morgan fingerprint density at radius 2 is 2.05 bits per heavy atom. The highest BCUT2D eigenvalue weighted by atomic mass is 15.3. The molecule has 104 valence electrons. The summed E-state index contributed by atoms with van der Waals surface area (Å²) in [5.41, 5.74) is 5.33.